The summed E-state index contributed by atoms with van der Waals surface area (Å²) in [6.07, 6.45) is 0. The second kappa shape index (κ2) is 7.86. The zero-order valence-electron chi connectivity index (χ0n) is 15.9. The third-order valence-electron chi connectivity index (χ3n) is 4.71. The lowest BCUT2D eigenvalue weighted by Gasteiger charge is -2.07. The van der Waals surface area contributed by atoms with Crippen LogP contribution in [-0.4, -0.2) is 24.1 Å². The lowest BCUT2D eigenvalue weighted by atomic mass is 10.2. The standard InChI is InChI=1S/C21H16ClN5OS2/c1-2-26-19(13-6-5-7-14(22)10-13)24-25-21(26)29-12-15-11-18(28)27-16-8-3-4-9-17(16)30-20(27)23-15/h3-11H,2,12H2,1H3. The van der Waals surface area contributed by atoms with E-state index in [-0.39, 0.29) is 5.56 Å². The maximum absolute atomic E-state index is 12.7. The highest BCUT2D eigenvalue weighted by atomic mass is 35.5. The summed E-state index contributed by atoms with van der Waals surface area (Å²) in [7, 11) is 0. The van der Waals surface area contributed by atoms with Crippen molar-refractivity contribution >= 4 is 49.9 Å². The van der Waals surface area contributed by atoms with E-state index in [1.54, 1.807) is 10.5 Å². The molecule has 5 rings (SSSR count). The Labute approximate surface area is 185 Å². The number of hydrogen-bond acceptors (Lipinski definition) is 6. The van der Waals surface area contributed by atoms with Gasteiger partial charge in [-0.1, -0.05) is 59.0 Å². The van der Waals surface area contributed by atoms with Crippen molar-refractivity contribution in [2.24, 2.45) is 0 Å². The van der Waals surface area contributed by atoms with E-state index in [9.17, 15) is 4.79 Å². The lowest BCUT2D eigenvalue weighted by Crippen LogP contribution is -2.13. The molecule has 30 heavy (non-hydrogen) atoms. The number of rotatable bonds is 5. The largest absolute Gasteiger partial charge is 0.302 e. The molecule has 0 fully saturated rings. The molecular weight excluding hydrogens is 438 g/mol. The van der Waals surface area contributed by atoms with E-state index in [2.05, 4.69) is 17.1 Å². The number of hydrogen-bond donors (Lipinski definition) is 0. The van der Waals surface area contributed by atoms with Gasteiger partial charge < -0.3 is 4.57 Å². The number of halogens is 1. The van der Waals surface area contributed by atoms with Gasteiger partial charge in [-0.3, -0.25) is 9.20 Å². The van der Waals surface area contributed by atoms with Gasteiger partial charge in [0.05, 0.1) is 15.9 Å². The quantitative estimate of drug-likeness (QED) is 0.345. The van der Waals surface area contributed by atoms with Crippen molar-refractivity contribution in [1.29, 1.82) is 0 Å². The minimum absolute atomic E-state index is 0.0652. The Morgan fingerprint density at radius 3 is 2.80 bits per heavy atom. The van der Waals surface area contributed by atoms with Gasteiger partial charge in [0.15, 0.2) is 15.9 Å². The van der Waals surface area contributed by atoms with Gasteiger partial charge in [-0.15, -0.1) is 10.2 Å². The number of nitrogens with zero attached hydrogens (tertiary/aromatic N) is 5. The Bertz CT molecular complexity index is 1440. The molecule has 0 unspecified atom stereocenters. The molecule has 3 heterocycles. The normalized spacial score (nSPS) is 11.5. The molecule has 0 bridgehead atoms. The Morgan fingerprint density at radius 2 is 1.97 bits per heavy atom. The average molecular weight is 454 g/mol. The monoisotopic (exact) mass is 453 g/mol. The third kappa shape index (κ3) is 3.40. The first-order valence-corrected chi connectivity index (χ1v) is 11.5. The van der Waals surface area contributed by atoms with E-state index < -0.39 is 0 Å². The van der Waals surface area contributed by atoms with Crippen LogP contribution in [0, 0.1) is 0 Å². The lowest BCUT2D eigenvalue weighted by molar-refractivity contribution is 0.687. The first-order chi connectivity index (χ1) is 14.6. The van der Waals surface area contributed by atoms with Gasteiger partial charge in [-0.05, 0) is 31.2 Å². The van der Waals surface area contributed by atoms with Crippen LogP contribution in [0.3, 0.4) is 0 Å². The van der Waals surface area contributed by atoms with E-state index in [0.717, 1.165) is 39.0 Å². The fourth-order valence-electron chi connectivity index (χ4n) is 3.36. The summed E-state index contributed by atoms with van der Waals surface area (Å²) in [5, 5.41) is 10.2. The topological polar surface area (TPSA) is 65.1 Å². The molecule has 2 aromatic carbocycles. The smallest absolute Gasteiger partial charge is 0.259 e. The Hall–Kier alpha value is -2.68. The summed E-state index contributed by atoms with van der Waals surface area (Å²) in [5.41, 5.74) is 2.48. The Kier molecular flexibility index (Phi) is 5.06. The number of para-hydroxylation sites is 1. The molecule has 0 amide bonds. The van der Waals surface area contributed by atoms with Gasteiger partial charge in [-0.2, -0.15) is 0 Å². The second-order valence-corrected chi connectivity index (χ2v) is 9.01. The van der Waals surface area contributed by atoms with Crippen molar-refractivity contribution < 1.29 is 0 Å². The molecule has 150 valence electrons. The van der Waals surface area contributed by atoms with E-state index in [0.29, 0.717) is 15.7 Å². The van der Waals surface area contributed by atoms with Gasteiger partial charge in [0.2, 0.25) is 0 Å². The van der Waals surface area contributed by atoms with E-state index in [1.807, 2.05) is 53.1 Å². The Balaban J connectivity index is 1.46. The maximum Gasteiger partial charge on any atom is 0.259 e. The molecule has 0 saturated carbocycles. The van der Waals surface area contributed by atoms with Crippen LogP contribution < -0.4 is 5.56 Å². The van der Waals surface area contributed by atoms with Crippen molar-refractivity contribution in [3.05, 3.63) is 75.7 Å². The van der Waals surface area contributed by atoms with Crippen molar-refractivity contribution in [2.45, 2.75) is 24.4 Å². The summed E-state index contributed by atoms with van der Waals surface area (Å²) in [6, 6.07) is 17.0. The summed E-state index contributed by atoms with van der Waals surface area (Å²) in [6.45, 7) is 2.78. The van der Waals surface area contributed by atoms with Gasteiger partial charge in [0, 0.05) is 29.0 Å². The van der Waals surface area contributed by atoms with Crippen LogP contribution in [0.5, 0.6) is 0 Å². The first kappa shape index (κ1) is 19.3. The molecule has 0 radical (unpaired) electrons. The number of benzene rings is 2. The minimum atomic E-state index is -0.0652. The molecule has 3 aromatic heterocycles. The summed E-state index contributed by atoms with van der Waals surface area (Å²) in [4.78, 5) is 18.1. The summed E-state index contributed by atoms with van der Waals surface area (Å²) in [5.74, 6) is 1.31. The van der Waals surface area contributed by atoms with Gasteiger partial charge in [0.1, 0.15) is 0 Å². The SMILES string of the molecule is CCn1c(SCc2cc(=O)n3c(n2)sc2ccccc23)nnc1-c1cccc(Cl)c1. The van der Waals surface area contributed by atoms with Crippen LogP contribution in [0.4, 0.5) is 0 Å². The van der Waals surface area contributed by atoms with Crippen LogP contribution >= 0.6 is 34.7 Å². The second-order valence-electron chi connectivity index (χ2n) is 6.62. The molecule has 0 atom stereocenters. The number of fused-ring (bicyclic) bond motifs is 3. The first-order valence-electron chi connectivity index (χ1n) is 9.36. The van der Waals surface area contributed by atoms with Crippen LogP contribution in [0.2, 0.25) is 5.02 Å². The molecule has 6 nitrogen and oxygen atoms in total. The summed E-state index contributed by atoms with van der Waals surface area (Å²) >= 11 is 9.17. The molecule has 0 aliphatic heterocycles. The van der Waals surface area contributed by atoms with Crippen LogP contribution in [-0.2, 0) is 12.3 Å². The predicted molar refractivity (Wildman–Crippen MR) is 123 cm³/mol. The van der Waals surface area contributed by atoms with E-state index in [1.165, 1.54) is 23.1 Å². The highest BCUT2D eigenvalue weighted by Crippen LogP contribution is 2.28. The Morgan fingerprint density at radius 1 is 1.10 bits per heavy atom. The van der Waals surface area contributed by atoms with Crippen molar-refractivity contribution in [1.82, 2.24) is 24.1 Å². The van der Waals surface area contributed by atoms with Crippen molar-refractivity contribution in [3.8, 4) is 11.4 Å². The van der Waals surface area contributed by atoms with Gasteiger partial charge in [-0.25, -0.2) is 4.98 Å². The number of aromatic nitrogens is 5. The van der Waals surface area contributed by atoms with Crippen LogP contribution in [0.1, 0.15) is 12.6 Å². The molecule has 5 aromatic rings. The van der Waals surface area contributed by atoms with E-state index in [4.69, 9.17) is 16.6 Å². The highest BCUT2D eigenvalue weighted by Gasteiger charge is 2.15. The summed E-state index contributed by atoms with van der Waals surface area (Å²) < 4.78 is 4.75. The number of thioether (sulfide) groups is 1. The van der Waals surface area contributed by atoms with Crippen LogP contribution in [0.15, 0.2) is 64.5 Å². The highest BCUT2D eigenvalue weighted by molar-refractivity contribution is 7.98. The number of thiazole rings is 1. The molecule has 0 saturated heterocycles. The molecule has 0 aliphatic rings. The van der Waals surface area contributed by atoms with Crippen molar-refractivity contribution in [3.63, 3.8) is 0 Å². The third-order valence-corrected chi connectivity index (χ3v) is 6.97. The fraction of sp³-hybridized carbons (Fsp3) is 0.143. The molecule has 0 aliphatic carbocycles. The predicted octanol–water partition coefficient (Wildman–Crippen LogP) is 5.13. The molecule has 0 spiro atoms. The van der Waals surface area contributed by atoms with Crippen molar-refractivity contribution in [2.75, 3.05) is 0 Å². The maximum atomic E-state index is 12.7. The zero-order chi connectivity index (χ0) is 20.7. The van der Waals surface area contributed by atoms with Gasteiger partial charge in [0.25, 0.3) is 5.56 Å². The molecular formula is C21H16ClN5OS2. The minimum Gasteiger partial charge on any atom is -0.302 e. The zero-order valence-corrected chi connectivity index (χ0v) is 18.3. The average Bonchev–Trinajstić information content (AvgIpc) is 3.33. The molecule has 9 heteroatoms. The van der Waals surface area contributed by atoms with Gasteiger partial charge >= 0.3 is 0 Å². The van der Waals surface area contributed by atoms with Crippen LogP contribution in [0.25, 0.3) is 26.6 Å². The molecule has 0 N–H and O–H groups in total. The fourth-order valence-corrected chi connectivity index (χ4v) is 5.49. The van der Waals surface area contributed by atoms with E-state index >= 15 is 0 Å².